The summed E-state index contributed by atoms with van der Waals surface area (Å²) in [6.07, 6.45) is 0. The molecule has 0 aliphatic heterocycles. The smallest absolute Gasteiger partial charge is 0.313 e. The van der Waals surface area contributed by atoms with Crippen molar-refractivity contribution in [2.24, 2.45) is 0 Å². The highest BCUT2D eigenvalue weighted by Gasteiger charge is 2.22. The number of hydrogen-bond donors (Lipinski definition) is 2. The number of ether oxygens (including phenoxy) is 1. The molecule has 0 aromatic carbocycles. The topological polar surface area (TPSA) is 92.3 Å². The van der Waals surface area contributed by atoms with E-state index in [1.165, 1.54) is 11.3 Å². The summed E-state index contributed by atoms with van der Waals surface area (Å²) in [6, 6.07) is 0. The minimum Gasteiger partial charge on any atom is -0.505 e. The van der Waals surface area contributed by atoms with Gasteiger partial charge in [-0.1, -0.05) is 6.58 Å². The van der Waals surface area contributed by atoms with Crippen molar-refractivity contribution in [3.05, 3.63) is 33.7 Å². The molecular weight excluding hydrogens is 280 g/mol. The number of aliphatic hydroxyl groups is 1. The number of carbonyl (C=O) groups excluding carboxylic acids is 1. The number of carbonyl (C=O) groups is 1. The lowest BCUT2D eigenvalue weighted by Crippen LogP contribution is -2.16. The number of nitrogens with one attached hydrogen (secondary N) is 1. The van der Waals surface area contributed by atoms with Gasteiger partial charge >= 0.3 is 5.97 Å². The highest BCUT2D eigenvalue weighted by molar-refractivity contribution is 7.16. The van der Waals surface area contributed by atoms with E-state index in [9.17, 15) is 14.7 Å². The Labute approximate surface area is 118 Å². The van der Waals surface area contributed by atoms with E-state index >= 15 is 0 Å². The molecular formula is C13H14N2O4S. The van der Waals surface area contributed by atoms with Gasteiger partial charge in [0.2, 0.25) is 0 Å². The Balaban J connectivity index is 2.55. The predicted octanol–water partition coefficient (Wildman–Crippen LogP) is 2.18. The van der Waals surface area contributed by atoms with Gasteiger partial charge in [-0.15, -0.1) is 11.3 Å². The van der Waals surface area contributed by atoms with Crippen molar-refractivity contribution in [1.82, 2.24) is 9.97 Å². The highest BCUT2D eigenvalue weighted by Crippen LogP contribution is 2.28. The Kier molecular flexibility index (Phi) is 3.89. The minimum atomic E-state index is -0.547. The molecule has 106 valence electrons. The quantitative estimate of drug-likeness (QED) is 0.666. The van der Waals surface area contributed by atoms with E-state index in [1.807, 2.05) is 0 Å². The molecule has 0 fully saturated rings. The van der Waals surface area contributed by atoms with Crippen LogP contribution in [0.15, 0.2) is 16.8 Å². The van der Waals surface area contributed by atoms with E-state index in [-0.39, 0.29) is 24.2 Å². The molecule has 0 radical (unpaired) electrons. The van der Waals surface area contributed by atoms with Crippen LogP contribution in [0.5, 0.6) is 0 Å². The molecule has 2 aromatic rings. The summed E-state index contributed by atoms with van der Waals surface area (Å²) in [5, 5.41) is 11.3. The molecule has 0 amide bonds. The second-order valence-corrected chi connectivity index (χ2v) is 5.06. The van der Waals surface area contributed by atoms with Gasteiger partial charge in [0.15, 0.2) is 11.6 Å². The Morgan fingerprint density at radius 3 is 2.95 bits per heavy atom. The summed E-state index contributed by atoms with van der Waals surface area (Å²) in [4.78, 5) is 30.8. The fourth-order valence-electron chi connectivity index (χ4n) is 1.82. The molecule has 0 saturated heterocycles. The van der Waals surface area contributed by atoms with Gasteiger partial charge in [0, 0.05) is 0 Å². The van der Waals surface area contributed by atoms with E-state index in [4.69, 9.17) is 4.74 Å². The van der Waals surface area contributed by atoms with Crippen molar-refractivity contribution in [1.29, 1.82) is 0 Å². The third-order valence-electron chi connectivity index (χ3n) is 2.85. The number of H-pyrrole nitrogens is 1. The lowest BCUT2D eigenvalue weighted by atomic mass is 10.0. The van der Waals surface area contributed by atoms with E-state index < -0.39 is 11.5 Å². The van der Waals surface area contributed by atoms with Gasteiger partial charge in [-0.05, 0) is 24.8 Å². The monoisotopic (exact) mass is 294 g/mol. The Morgan fingerprint density at radius 2 is 2.35 bits per heavy atom. The average molecular weight is 294 g/mol. The van der Waals surface area contributed by atoms with Gasteiger partial charge in [-0.2, -0.15) is 0 Å². The van der Waals surface area contributed by atoms with Gasteiger partial charge in [0.25, 0.3) is 5.56 Å². The van der Waals surface area contributed by atoms with Crippen LogP contribution in [0.4, 0.5) is 0 Å². The maximum Gasteiger partial charge on any atom is 0.313 e. The normalized spacial score (nSPS) is 12.3. The number of aliphatic hydroxyl groups excluding tert-OH is 1. The zero-order chi connectivity index (χ0) is 14.9. The van der Waals surface area contributed by atoms with Crippen LogP contribution < -0.4 is 5.56 Å². The molecule has 6 nitrogen and oxygen atoms in total. The summed E-state index contributed by atoms with van der Waals surface area (Å²) in [5.74, 6) is -1.21. The number of hydrogen-bond acceptors (Lipinski definition) is 6. The number of rotatable bonds is 4. The molecule has 1 unspecified atom stereocenters. The molecule has 0 bridgehead atoms. The molecule has 0 saturated carbocycles. The van der Waals surface area contributed by atoms with Gasteiger partial charge in [0.1, 0.15) is 4.83 Å². The first-order valence-corrected chi connectivity index (χ1v) is 6.90. The molecule has 2 aromatic heterocycles. The van der Waals surface area contributed by atoms with Crippen molar-refractivity contribution < 1.29 is 14.6 Å². The molecule has 2 heterocycles. The zero-order valence-corrected chi connectivity index (χ0v) is 11.9. The van der Waals surface area contributed by atoms with Crippen molar-refractivity contribution in [3.8, 4) is 0 Å². The van der Waals surface area contributed by atoms with E-state index in [0.29, 0.717) is 15.8 Å². The van der Waals surface area contributed by atoms with Gasteiger partial charge in [-0.25, -0.2) is 4.98 Å². The minimum absolute atomic E-state index is 0.0275. The molecule has 2 rings (SSSR count). The van der Waals surface area contributed by atoms with Gasteiger partial charge in [0.05, 0.1) is 17.9 Å². The fourth-order valence-corrected chi connectivity index (χ4v) is 2.85. The van der Waals surface area contributed by atoms with Crippen molar-refractivity contribution in [2.75, 3.05) is 6.61 Å². The van der Waals surface area contributed by atoms with Crippen molar-refractivity contribution >= 4 is 33.3 Å². The molecule has 0 aliphatic rings. The number of nitrogens with zero attached hydrogens (tertiary/aromatic N) is 1. The standard InChI is InChI=1S/C13H14N2O4S/c1-4-19-13(18)6(2)8-5-20-12-9(8)11(17)14-10(15-12)7(3)16/h5-6,16H,3-4H2,1-2H3,(H,14,15,17). The number of aromatic nitrogens is 2. The van der Waals surface area contributed by atoms with E-state index in [0.717, 1.165) is 0 Å². The fraction of sp³-hybridized carbons (Fsp3) is 0.308. The highest BCUT2D eigenvalue weighted by atomic mass is 32.1. The number of esters is 1. The summed E-state index contributed by atoms with van der Waals surface area (Å²) in [7, 11) is 0. The van der Waals surface area contributed by atoms with Crippen LogP contribution in [0.3, 0.4) is 0 Å². The number of thiophene rings is 1. The molecule has 1 atom stereocenters. The Bertz CT molecular complexity index is 732. The second-order valence-electron chi connectivity index (χ2n) is 4.21. The molecule has 2 N–H and O–H groups in total. The lowest BCUT2D eigenvalue weighted by Gasteiger charge is -2.09. The first-order valence-electron chi connectivity index (χ1n) is 6.02. The van der Waals surface area contributed by atoms with Crippen LogP contribution in [0.25, 0.3) is 16.0 Å². The predicted molar refractivity (Wildman–Crippen MR) is 77.0 cm³/mol. The Hall–Kier alpha value is -2.15. The lowest BCUT2D eigenvalue weighted by molar-refractivity contribution is -0.144. The summed E-state index contributed by atoms with van der Waals surface area (Å²) in [6.45, 7) is 7.01. The van der Waals surface area contributed by atoms with Crippen LogP contribution in [0.2, 0.25) is 0 Å². The maximum absolute atomic E-state index is 12.1. The number of fused-ring (bicyclic) bond motifs is 1. The van der Waals surface area contributed by atoms with Gasteiger partial charge < -0.3 is 14.8 Å². The first-order chi connectivity index (χ1) is 9.45. The van der Waals surface area contributed by atoms with Crippen molar-refractivity contribution in [2.45, 2.75) is 19.8 Å². The van der Waals surface area contributed by atoms with Crippen LogP contribution in [0, 0.1) is 0 Å². The third kappa shape index (κ3) is 2.44. The van der Waals surface area contributed by atoms with Crippen LogP contribution in [0.1, 0.15) is 31.2 Å². The molecule has 0 spiro atoms. The molecule has 7 heteroatoms. The third-order valence-corrected chi connectivity index (χ3v) is 3.74. The summed E-state index contributed by atoms with van der Waals surface area (Å²) in [5.41, 5.74) is 0.167. The average Bonchev–Trinajstić information content (AvgIpc) is 2.82. The van der Waals surface area contributed by atoms with Crippen molar-refractivity contribution in [3.63, 3.8) is 0 Å². The molecule has 20 heavy (non-hydrogen) atoms. The first kappa shape index (κ1) is 14.3. The van der Waals surface area contributed by atoms with Gasteiger partial charge in [-0.3, -0.25) is 9.59 Å². The van der Waals surface area contributed by atoms with Crippen LogP contribution in [-0.4, -0.2) is 27.7 Å². The van der Waals surface area contributed by atoms with E-state index in [2.05, 4.69) is 16.5 Å². The summed E-state index contributed by atoms with van der Waals surface area (Å²) < 4.78 is 4.96. The maximum atomic E-state index is 12.1. The summed E-state index contributed by atoms with van der Waals surface area (Å²) >= 11 is 1.23. The molecule has 0 aliphatic carbocycles. The van der Waals surface area contributed by atoms with Crippen LogP contribution >= 0.6 is 11.3 Å². The zero-order valence-electron chi connectivity index (χ0n) is 11.1. The van der Waals surface area contributed by atoms with Crippen LogP contribution in [-0.2, 0) is 9.53 Å². The van der Waals surface area contributed by atoms with E-state index in [1.54, 1.807) is 19.2 Å². The Morgan fingerprint density at radius 1 is 1.65 bits per heavy atom. The largest absolute Gasteiger partial charge is 0.505 e. The number of aromatic amines is 1. The second kappa shape index (κ2) is 5.46. The SMILES string of the molecule is C=C(O)c1nc2scc(C(C)C(=O)OCC)c2c(=O)[nH]1.